The molecule has 0 aliphatic rings. The molecule has 61 valence electrons. The maximum atomic E-state index is 5.18. The van der Waals surface area contributed by atoms with Crippen molar-refractivity contribution in [2.45, 2.75) is 24.3 Å². The Morgan fingerprint density at radius 3 is 2.82 bits per heavy atom. The molecule has 0 aliphatic heterocycles. The number of rotatable bonds is 3. The standard InChI is InChI=1S/C9H13OS/c1-9(2,3)11-7-8-5-4-6-10-8/h4-6H,1,7H2,2-3H3. The summed E-state index contributed by atoms with van der Waals surface area (Å²) in [4.78, 5) is 0. The van der Waals surface area contributed by atoms with Gasteiger partial charge in [-0.15, -0.1) is 11.8 Å². The van der Waals surface area contributed by atoms with Crippen LogP contribution in [0.5, 0.6) is 0 Å². The highest BCUT2D eigenvalue weighted by Crippen LogP contribution is 2.26. The van der Waals surface area contributed by atoms with Crippen molar-refractivity contribution in [2.75, 3.05) is 0 Å². The second kappa shape index (κ2) is 3.35. The maximum absolute atomic E-state index is 5.18. The molecule has 0 fully saturated rings. The predicted octanol–water partition coefficient (Wildman–Crippen LogP) is 3.13. The minimum atomic E-state index is 0.0762. The zero-order valence-electron chi connectivity index (χ0n) is 6.96. The van der Waals surface area contributed by atoms with Crippen LogP contribution in [-0.2, 0) is 5.75 Å². The number of thioether (sulfide) groups is 1. The molecule has 0 aromatic carbocycles. The molecule has 1 heterocycles. The van der Waals surface area contributed by atoms with Crippen LogP contribution < -0.4 is 0 Å². The van der Waals surface area contributed by atoms with E-state index in [1.165, 1.54) is 0 Å². The molecule has 0 bridgehead atoms. The maximum Gasteiger partial charge on any atom is 0.113 e. The van der Waals surface area contributed by atoms with E-state index in [2.05, 4.69) is 20.8 Å². The van der Waals surface area contributed by atoms with Crippen LogP contribution in [0.4, 0.5) is 0 Å². The highest BCUT2D eigenvalue weighted by Gasteiger charge is 2.11. The van der Waals surface area contributed by atoms with Gasteiger partial charge in [-0.05, 0) is 19.1 Å². The fourth-order valence-corrected chi connectivity index (χ4v) is 1.36. The van der Waals surface area contributed by atoms with Gasteiger partial charge in [-0.25, -0.2) is 0 Å². The highest BCUT2D eigenvalue weighted by molar-refractivity contribution is 7.99. The van der Waals surface area contributed by atoms with Crippen molar-refractivity contribution in [1.29, 1.82) is 0 Å². The molecule has 0 saturated carbocycles. The van der Waals surface area contributed by atoms with Crippen LogP contribution in [0.25, 0.3) is 0 Å². The van der Waals surface area contributed by atoms with Gasteiger partial charge in [0.05, 0.1) is 12.0 Å². The molecule has 0 amide bonds. The predicted molar refractivity (Wildman–Crippen MR) is 49.4 cm³/mol. The van der Waals surface area contributed by atoms with E-state index in [4.69, 9.17) is 4.42 Å². The molecule has 1 nitrogen and oxygen atoms in total. The molecule has 0 atom stereocenters. The van der Waals surface area contributed by atoms with Gasteiger partial charge in [-0.1, -0.05) is 13.8 Å². The first-order chi connectivity index (χ1) is 5.08. The lowest BCUT2D eigenvalue weighted by Gasteiger charge is -2.15. The van der Waals surface area contributed by atoms with E-state index in [9.17, 15) is 0 Å². The van der Waals surface area contributed by atoms with E-state index in [0.717, 1.165) is 11.5 Å². The van der Waals surface area contributed by atoms with Crippen LogP contribution in [0.1, 0.15) is 19.6 Å². The minimum absolute atomic E-state index is 0.0762. The Hall–Kier alpha value is -0.370. The third kappa shape index (κ3) is 3.51. The van der Waals surface area contributed by atoms with E-state index in [0.29, 0.717) is 0 Å². The Labute approximate surface area is 72.2 Å². The molecule has 11 heavy (non-hydrogen) atoms. The van der Waals surface area contributed by atoms with E-state index in [1.54, 1.807) is 18.0 Å². The Balaban J connectivity index is 2.35. The summed E-state index contributed by atoms with van der Waals surface area (Å²) in [5.74, 6) is 1.93. The average Bonchev–Trinajstić information content (AvgIpc) is 2.32. The largest absolute Gasteiger partial charge is 0.468 e. The number of furan rings is 1. The van der Waals surface area contributed by atoms with Crippen molar-refractivity contribution in [3.05, 3.63) is 31.1 Å². The molecule has 1 rings (SSSR count). The first kappa shape index (κ1) is 8.72. The van der Waals surface area contributed by atoms with Gasteiger partial charge in [0.25, 0.3) is 0 Å². The van der Waals surface area contributed by atoms with E-state index in [-0.39, 0.29) is 4.75 Å². The van der Waals surface area contributed by atoms with Crippen molar-refractivity contribution in [2.24, 2.45) is 0 Å². The molecule has 1 aromatic rings. The van der Waals surface area contributed by atoms with Crippen LogP contribution in [0, 0.1) is 6.92 Å². The first-order valence-electron chi connectivity index (χ1n) is 3.60. The van der Waals surface area contributed by atoms with Crippen molar-refractivity contribution >= 4 is 11.8 Å². The molecule has 1 aromatic heterocycles. The molecule has 2 heteroatoms. The lowest BCUT2D eigenvalue weighted by Crippen LogP contribution is -2.07. The average molecular weight is 169 g/mol. The summed E-state index contributed by atoms with van der Waals surface area (Å²) < 4.78 is 5.26. The van der Waals surface area contributed by atoms with Gasteiger partial charge in [-0.3, -0.25) is 0 Å². The third-order valence-corrected chi connectivity index (χ3v) is 2.40. The fourth-order valence-electron chi connectivity index (χ4n) is 0.661. The molecular weight excluding hydrogens is 156 g/mol. The molecule has 0 N–H and O–H groups in total. The van der Waals surface area contributed by atoms with Gasteiger partial charge in [-0.2, -0.15) is 0 Å². The normalized spacial score (nSPS) is 11.9. The SMILES string of the molecule is [CH2]C(C)(C)SCc1ccco1. The van der Waals surface area contributed by atoms with E-state index in [1.807, 2.05) is 12.1 Å². The monoisotopic (exact) mass is 169 g/mol. The van der Waals surface area contributed by atoms with Crippen LogP contribution in [0.3, 0.4) is 0 Å². The Kier molecular flexibility index (Phi) is 2.66. The van der Waals surface area contributed by atoms with Crippen LogP contribution in [0.15, 0.2) is 22.8 Å². The molecule has 0 spiro atoms. The molecule has 1 radical (unpaired) electrons. The van der Waals surface area contributed by atoms with Gasteiger partial charge < -0.3 is 4.42 Å². The van der Waals surface area contributed by atoms with Crippen molar-refractivity contribution in [3.8, 4) is 0 Å². The topological polar surface area (TPSA) is 13.1 Å². The lowest BCUT2D eigenvalue weighted by atomic mass is 10.3. The molecule has 0 unspecified atom stereocenters. The van der Waals surface area contributed by atoms with Gasteiger partial charge >= 0.3 is 0 Å². The summed E-state index contributed by atoms with van der Waals surface area (Å²) in [5, 5.41) is 0. The second-order valence-corrected chi connectivity index (χ2v) is 4.81. The van der Waals surface area contributed by atoms with E-state index >= 15 is 0 Å². The summed E-state index contributed by atoms with van der Waals surface area (Å²) >= 11 is 1.79. The minimum Gasteiger partial charge on any atom is -0.468 e. The second-order valence-electron chi connectivity index (χ2n) is 3.13. The first-order valence-corrected chi connectivity index (χ1v) is 4.58. The smallest absolute Gasteiger partial charge is 0.113 e. The van der Waals surface area contributed by atoms with Gasteiger partial charge in [0.15, 0.2) is 0 Å². The summed E-state index contributed by atoms with van der Waals surface area (Å²) in [6.07, 6.45) is 1.70. The summed E-state index contributed by atoms with van der Waals surface area (Å²) in [6.45, 7) is 8.19. The van der Waals surface area contributed by atoms with Gasteiger partial charge in [0, 0.05) is 4.75 Å². The van der Waals surface area contributed by atoms with Crippen molar-refractivity contribution in [1.82, 2.24) is 0 Å². The summed E-state index contributed by atoms with van der Waals surface area (Å²) in [7, 11) is 0. The fraction of sp³-hybridized carbons (Fsp3) is 0.444. The Morgan fingerprint density at radius 1 is 1.64 bits per heavy atom. The molecule has 0 aliphatic carbocycles. The lowest BCUT2D eigenvalue weighted by molar-refractivity contribution is 0.530. The summed E-state index contributed by atoms with van der Waals surface area (Å²) in [6, 6.07) is 3.89. The highest BCUT2D eigenvalue weighted by atomic mass is 32.2. The number of hydrogen-bond acceptors (Lipinski definition) is 2. The quantitative estimate of drug-likeness (QED) is 0.689. The van der Waals surface area contributed by atoms with Crippen molar-refractivity contribution < 1.29 is 4.42 Å². The molecule has 0 saturated heterocycles. The Morgan fingerprint density at radius 2 is 2.36 bits per heavy atom. The summed E-state index contributed by atoms with van der Waals surface area (Å²) in [5.41, 5.74) is 0. The van der Waals surface area contributed by atoms with E-state index < -0.39 is 0 Å². The Bertz CT molecular complexity index is 196. The van der Waals surface area contributed by atoms with Crippen LogP contribution >= 0.6 is 11.8 Å². The van der Waals surface area contributed by atoms with Gasteiger partial charge in [0.1, 0.15) is 5.76 Å². The van der Waals surface area contributed by atoms with Gasteiger partial charge in [0.2, 0.25) is 0 Å². The van der Waals surface area contributed by atoms with Crippen LogP contribution in [-0.4, -0.2) is 4.75 Å². The number of hydrogen-bond donors (Lipinski definition) is 0. The third-order valence-electron chi connectivity index (χ3n) is 1.19. The zero-order valence-corrected chi connectivity index (χ0v) is 7.78. The molecular formula is C9H13OS. The van der Waals surface area contributed by atoms with Crippen molar-refractivity contribution in [3.63, 3.8) is 0 Å². The zero-order chi connectivity index (χ0) is 8.32. The van der Waals surface area contributed by atoms with Crippen LogP contribution in [0.2, 0.25) is 0 Å².